The van der Waals surface area contributed by atoms with Gasteiger partial charge in [-0.3, -0.25) is 0 Å². The molecule has 0 atom stereocenters. The van der Waals surface area contributed by atoms with Crippen molar-refractivity contribution in [2.75, 3.05) is 0 Å². The molecule has 0 unspecified atom stereocenters. The molecule has 9 aromatic carbocycles. The summed E-state index contributed by atoms with van der Waals surface area (Å²) in [6.45, 7) is 4.60. The zero-order valence-corrected chi connectivity index (χ0v) is 32.8. The summed E-state index contributed by atoms with van der Waals surface area (Å²) in [5, 5.41) is 0. The molecule has 9 aromatic rings. The fourth-order valence-electron chi connectivity index (χ4n) is 10.3. The molecule has 0 aliphatic heterocycles. The van der Waals surface area contributed by atoms with Gasteiger partial charge in [0, 0.05) is 5.92 Å². The van der Waals surface area contributed by atoms with Crippen LogP contribution in [0.25, 0.3) is 55.6 Å². The van der Waals surface area contributed by atoms with Crippen molar-refractivity contribution in [1.82, 2.24) is 0 Å². The zero-order valence-electron chi connectivity index (χ0n) is 32.8. The fraction of sp³-hybridized carbons (Fsp3) is 0.0690. The van der Waals surface area contributed by atoms with Gasteiger partial charge in [-0.2, -0.15) is 0 Å². The van der Waals surface area contributed by atoms with Gasteiger partial charge < -0.3 is 0 Å². The lowest BCUT2D eigenvalue weighted by molar-refractivity contribution is 0.794. The minimum absolute atomic E-state index is 0.0756. The number of rotatable bonds is 6. The quantitative estimate of drug-likeness (QED) is 0.149. The third kappa shape index (κ3) is 5.22. The average molecular weight is 739 g/mol. The number of fused-ring (bicyclic) bond motifs is 10. The molecule has 0 nitrogen and oxygen atoms in total. The van der Waals surface area contributed by atoms with Crippen molar-refractivity contribution in [1.29, 1.82) is 0 Å². The Morgan fingerprint density at radius 2 is 0.690 bits per heavy atom. The van der Waals surface area contributed by atoms with Crippen LogP contribution in [0, 0.1) is 13.8 Å². The van der Waals surface area contributed by atoms with Gasteiger partial charge >= 0.3 is 0 Å². The number of hydrogen-bond donors (Lipinski definition) is 0. The fourth-order valence-corrected chi connectivity index (χ4v) is 10.3. The molecular weight excluding hydrogens is 697 g/mol. The van der Waals surface area contributed by atoms with E-state index in [0.717, 1.165) is 0 Å². The lowest BCUT2D eigenvalue weighted by atomic mass is 9.70. The second-order valence-corrected chi connectivity index (χ2v) is 16.1. The van der Waals surface area contributed by atoms with Gasteiger partial charge in [0.15, 0.2) is 0 Å². The van der Waals surface area contributed by atoms with E-state index in [1.54, 1.807) is 0 Å². The first kappa shape index (κ1) is 34.2. The van der Waals surface area contributed by atoms with E-state index in [1.807, 2.05) is 0 Å². The minimum Gasteiger partial charge on any atom is -0.0622 e. The van der Waals surface area contributed by atoms with Crippen molar-refractivity contribution in [3.05, 3.63) is 262 Å². The van der Waals surface area contributed by atoms with E-state index in [-0.39, 0.29) is 11.3 Å². The summed E-state index contributed by atoms with van der Waals surface area (Å²) in [6.07, 6.45) is 0. The highest BCUT2D eigenvalue weighted by molar-refractivity contribution is 5.96. The van der Waals surface area contributed by atoms with E-state index in [9.17, 15) is 0 Å². The first-order valence-electron chi connectivity index (χ1n) is 20.5. The molecule has 274 valence electrons. The molecule has 0 saturated carbocycles. The highest BCUT2D eigenvalue weighted by atomic mass is 14.5. The summed E-state index contributed by atoms with van der Waals surface area (Å²) in [5.41, 5.74) is 24.4. The van der Waals surface area contributed by atoms with E-state index in [2.05, 4.69) is 226 Å². The Bertz CT molecular complexity index is 2840. The van der Waals surface area contributed by atoms with Crippen molar-refractivity contribution in [2.24, 2.45) is 0 Å². The lowest BCUT2D eigenvalue weighted by Gasteiger charge is -2.30. The van der Waals surface area contributed by atoms with E-state index in [4.69, 9.17) is 0 Å². The summed E-state index contributed by atoms with van der Waals surface area (Å²) in [5.74, 6) is 0.0756. The smallest absolute Gasteiger partial charge is 0.0622 e. The predicted molar refractivity (Wildman–Crippen MR) is 242 cm³/mol. The molecule has 0 heteroatoms. The molecule has 11 rings (SSSR count). The first-order valence-corrected chi connectivity index (χ1v) is 20.5. The van der Waals surface area contributed by atoms with Gasteiger partial charge in [-0.05, 0) is 126 Å². The van der Waals surface area contributed by atoms with Gasteiger partial charge in [0.05, 0.1) is 5.41 Å². The van der Waals surface area contributed by atoms with Gasteiger partial charge in [0.1, 0.15) is 0 Å². The van der Waals surface area contributed by atoms with Gasteiger partial charge in [-0.1, -0.05) is 206 Å². The first-order chi connectivity index (χ1) is 28.6. The largest absolute Gasteiger partial charge is 0.0725 e. The normalized spacial score (nSPS) is 12.9. The summed E-state index contributed by atoms with van der Waals surface area (Å²) in [4.78, 5) is 0. The summed E-state index contributed by atoms with van der Waals surface area (Å²) < 4.78 is 0. The van der Waals surface area contributed by atoms with Crippen molar-refractivity contribution in [2.45, 2.75) is 25.2 Å². The van der Waals surface area contributed by atoms with Gasteiger partial charge in [-0.15, -0.1) is 0 Å². The number of aryl methyl sites for hydroxylation is 2. The van der Waals surface area contributed by atoms with Crippen molar-refractivity contribution >= 4 is 0 Å². The molecule has 0 bridgehead atoms. The van der Waals surface area contributed by atoms with Crippen molar-refractivity contribution in [3.63, 3.8) is 0 Å². The van der Waals surface area contributed by atoms with Crippen LogP contribution in [-0.4, -0.2) is 0 Å². The summed E-state index contributed by atoms with van der Waals surface area (Å²) in [7, 11) is 0. The molecule has 0 N–H and O–H groups in total. The van der Waals surface area contributed by atoms with E-state index >= 15 is 0 Å². The van der Waals surface area contributed by atoms with Crippen molar-refractivity contribution < 1.29 is 0 Å². The highest BCUT2D eigenvalue weighted by Gasteiger charge is 2.51. The Balaban J connectivity index is 1.05. The van der Waals surface area contributed by atoms with E-state index < -0.39 is 0 Å². The van der Waals surface area contributed by atoms with Crippen LogP contribution in [-0.2, 0) is 5.41 Å². The molecule has 2 aliphatic rings. The van der Waals surface area contributed by atoms with Crippen LogP contribution in [0.3, 0.4) is 0 Å². The van der Waals surface area contributed by atoms with Crippen LogP contribution < -0.4 is 0 Å². The van der Waals surface area contributed by atoms with Crippen LogP contribution >= 0.6 is 0 Å². The van der Waals surface area contributed by atoms with E-state index in [0.29, 0.717) is 0 Å². The Morgan fingerprint density at radius 1 is 0.293 bits per heavy atom. The van der Waals surface area contributed by atoms with Crippen LogP contribution in [0.15, 0.2) is 212 Å². The lowest BCUT2D eigenvalue weighted by Crippen LogP contribution is -2.25. The van der Waals surface area contributed by atoms with E-state index in [1.165, 1.54) is 106 Å². The van der Waals surface area contributed by atoms with Gasteiger partial charge in [-0.25, -0.2) is 0 Å². The molecule has 0 heterocycles. The van der Waals surface area contributed by atoms with Crippen molar-refractivity contribution in [3.8, 4) is 55.6 Å². The van der Waals surface area contributed by atoms with Crippen LogP contribution in [0.4, 0.5) is 0 Å². The minimum atomic E-state index is -0.360. The molecule has 0 saturated heterocycles. The summed E-state index contributed by atoms with van der Waals surface area (Å²) in [6, 6.07) is 79.1. The number of benzene rings is 9. The second kappa shape index (κ2) is 13.6. The highest BCUT2D eigenvalue weighted by Crippen LogP contribution is 2.63. The molecule has 2 aliphatic carbocycles. The Morgan fingerprint density at radius 3 is 1.17 bits per heavy atom. The predicted octanol–water partition coefficient (Wildman–Crippen LogP) is 14.8. The van der Waals surface area contributed by atoms with Crippen LogP contribution in [0.2, 0.25) is 0 Å². The zero-order chi connectivity index (χ0) is 38.8. The average Bonchev–Trinajstić information content (AvgIpc) is 3.76. The monoisotopic (exact) mass is 738 g/mol. The Labute approximate surface area is 341 Å². The molecular formula is C58H42. The second-order valence-electron chi connectivity index (χ2n) is 16.1. The van der Waals surface area contributed by atoms with Crippen LogP contribution in [0.5, 0.6) is 0 Å². The summed E-state index contributed by atoms with van der Waals surface area (Å²) >= 11 is 0. The maximum absolute atomic E-state index is 2.51. The molecule has 0 radical (unpaired) electrons. The van der Waals surface area contributed by atoms with Gasteiger partial charge in [0.25, 0.3) is 0 Å². The maximum atomic E-state index is 2.51. The third-order valence-corrected chi connectivity index (χ3v) is 12.9. The molecule has 0 amide bonds. The molecule has 1 spiro atoms. The molecule has 58 heavy (non-hydrogen) atoms. The molecule has 0 aromatic heterocycles. The number of hydrogen-bond acceptors (Lipinski definition) is 0. The Hall–Kier alpha value is -7.02. The SMILES string of the molecule is Cc1cc(C(c2ccc(-c3ccccc3)cc2)c2ccc(-c3ccccc3)cc2)c(C)cc1-c1ccc2c(c1)C1(c3ccccc3-c3ccccc31)c1ccccc1-2. The van der Waals surface area contributed by atoms with Crippen LogP contribution in [0.1, 0.15) is 56.0 Å². The topological polar surface area (TPSA) is 0 Å². The maximum Gasteiger partial charge on any atom is 0.0725 e. The van der Waals surface area contributed by atoms with Gasteiger partial charge in [0.2, 0.25) is 0 Å². The molecule has 0 fully saturated rings. The Kier molecular flexibility index (Phi) is 8.02. The standard InChI is InChI=1S/C58H42/c1-38-36-52(57(44-29-25-42(26-30-44)40-15-5-3-6-16-40)45-31-27-43(28-32-45)41-17-7-4-8-18-41)39(2)35-51(38)46-33-34-50-49-21-11-14-24-55(49)58(56(50)37-46)53-22-12-9-19-47(53)48-20-10-13-23-54(48)58/h3-37,57H,1-2H3. The third-order valence-electron chi connectivity index (χ3n) is 12.9.